The van der Waals surface area contributed by atoms with Crippen LogP contribution in [0.15, 0.2) is 18.2 Å². The van der Waals surface area contributed by atoms with Gasteiger partial charge in [-0.3, -0.25) is 4.79 Å². The van der Waals surface area contributed by atoms with E-state index >= 15 is 0 Å². The van der Waals surface area contributed by atoms with Crippen LogP contribution in [0.2, 0.25) is 0 Å². The van der Waals surface area contributed by atoms with Gasteiger partial charge in [0.15, 0.2) is 0 Å². The largest absolute Gasteiger partial charge is 0.497 e. The van der Waals surface area contributed by atoms with Gasteiger partial charge in [-0.05, 0) is 23.8 Å². The molecule has 0 bridgehead atoms. The molecule has 1 aromatic rings. The van der Waals surface area contributed by atoms with Gasteiger partial charge in [-0.15, -0.1) is 0 Å². The third kappa shape index (κ3) is 1.23. The lowest BCUT2D eigenvalue weighted by Gasteiger charge is -2.30. The van der Waals surface area contributed by atoms with Crippen molar-refractivity contribution in [2.75, 3.05) is 26.7 Å². The van der Waals surface area contributed by atoms with Crippen molar-refractivity contribution >= 4 is 5.91 Å². The van der Waals surface area contributed by atoms with E-state index in [-0.39, 0.29) is 11.9 Å². The lowest BCUT2D eigenvalue weighted by molar-refractivity contribution is 0.0691. The number of rotatable bonds is 1. The Morgan fingerprint density at radius 3 is 3.19 bits per heavy atom. The quantitative estimate of drug-likeness (QED) is 0.758. The fraction of sp³-hybridized carbons (Fsp3) is 0.417. The van der Waals surface area contributed by atoms with Gasteiger partial charge in [0, 0.05) is 25.2 Å². The second kappa shape index (κ2) is 3.49. The number of hydrogen-bond acceptors (Lipinski definition) is 3. The first kappa shape index (κ1) is 9.66. The number of nitrogens with one attached hydrogen (secondary N) is 1. The fourth-order valence-electron chi connectivity index (χ4n) is 2.52. The summed E-state index contributed by atoms with van der Waals surface area (Å²) in [6, 6.07) is 5.88. The van der Waals surface area contributed by atoms with Crippen LogP contribution in [-0.4, -0.2) is 37.6 Å². The molecular weight excluding hydrogens is 204 g/mol. The smallest absolute Gasteiger partial charge is 0.254 e. The zero-order chi connectivity index (χ0) is 11.1. The van der Waals surface area contributed by atoms with Crippen LogP contribution in [0.3, 0.4) is 0 Å². The molecule has 0 aromatic heterocycles. The van der Waals surface area contributed by atoms with Gasteiger partial charge < -0.3 is 15.0 Å². The Labute approximate surface area is 94.2 Å². The van der Waals surface area contributed by atoms with E-state index in [9.17, 15) is 4.79 Å². The van der Waals surface area contributed by atoms with Crippen molar-refractivity contribution in [3.05, 3.63) is 29.3 Å². The number of amides is 1. The van der Waals surface area contributed by atoms with Crippen LogP contribution in [0.4, 0.5) is 0 Å². The van der Waals surface area contributed by atoms with E-state index in [1.165, 1.54) is 0 Å². The predicted octanol–water partition coefficient (Wildman–Crippen LogP) is 0.795. The van der Waals surface area contributed by atoms with Gasteiger partial charge in [0.25, 0.3) is 5.91 Å². The van der Waals surface area contributed by atoms with Crippen molar-refractivity contribution in [1.82, 2.24) is 10.2 Å². The van der Waals surface area contributed by atoms with Crippen LogP contribution in [-0.2, 0) is 0 Å². The molecule has 4 heteroatoms. The Morgan fingerprint density at radius 1 is 1.50 bits per heavy atom. The summed E-state index contributed by atoms with van der Waals surface area (Å²) < 4.78 is 5.20. The van der Waals surface area contributed by atoms with Gasteiger partial charge >= 0.3 is 0 Å². The predicted molar refractivity (Wildman–Crippen MR) is 59.6 cm³/mol. The second-order valence-corrected chi connectivity index (χ2v) is 4.17. The van der Waals surface area contributed by atoms with Gasteiger partial charge in [0.2, 0.25) is 0 Å². The van der Waals surface area contributed by atoms with Crippen LogP contribution < -0.4 is 10.1 Å². The Hall–Kier alpha value is -1.55. The summed E-state index contributed by atoms with van der Waals surface area (Å²) in [5, 5.41) is 3.32. The average Bonchev–Trinajstić information content (AvgIpc) is 2.64. The second-order valence-electron chi connectivity index (χ2n) is 4.17. The van der Waals surface area contributed by atoms with E-state index in [1.807, 2.05) is 23.1 Å². The Balaban J connectivity index is 2.07. The lowest BCUT2D eigenvalue weighted by Crippen LogP contribution is -2.44. The molecule has 1 fully saturated rings. The summed E-state index contributed by atoms with van der Waals surface area (Å²) in [5.74, 6) is 0.975. The molecule has 4 nitrogen and oxygen atoms in total. The number of hydrogen-bond donors (Lipinski definition) is 1. The maximum absolute atomic E-state index is 12.1. The first-order valence-electron chi connectivity index (χ1n) is 5.51. The number of fused-ring (bicyclic) bond motifs is 3. The van der Waals surface area contributed by atoms with Crippen LogP contribution in [0.5, 0.6) is 5.75 Å². The molecule has 1 amide bonds. The van der Waals surface area contributed by atoms with E-state index < -0.39 is 0 Å². The summed E-state index contributed by atoms with van der Waals surface area (Å²) in [5.41, 5.74) is 1.92. The third-order valence-electron chi connectivity index (χ3n) is 3.35. The van der Waals surface area contributed by atoms with Gasteiger partial charge in [-0.1, -0.05) is 0 Å². The number of nitrogens with zero attached hydrogens (tertiary/aromatic N) is 1. The summed E-state index contributed by atoms with van der Waals surface area (Å²) in [7, 11) is 1.65. The highest BCUT2D eigenvalue weighted by atomic mass is 16.5. The van der Waals surface area contributed by atoms with Crippen LogP contribution >= 0.6 is 0 Å². The number of methoxy groups -OCH3 is 1. The summed E-state index contributed by atoms with van der Waals surface area (Å²) in [6.45, 7) is 2.51. The first-order valence-corrected chi connectivity index (χ1v) is 5.51. The first-order chi connectivity index (χ1) is 7.81. The number of carbonyl (C=O) groups is 1. The van der Waals surface area contributed by atoms with Crippen LogP contribution in [0, 0.1) is 0 Å². The van der Waals surface area contributed by atoms with Crippen LogP contribution in [0.1, 0.15) is 22.0 Å². The molecule has 2 heterocycles. The minimum Gasteiger partial charge on any atom is -0.497 e. The van der Waals surface area contributed by atoms with Crippen molar-refractivity contribution in [2.24, 2.45) is 0 Å². The number of piperazine rings is 1. The van der Waals surface area contributed by atoms with Gasteiger partial charge in [-0.25, -0.2) is 0 Å². The summed E-state index contributed by atoms with van der Waals surface area (Å²) in [4.78, 5) is 14.0. The minimum atomic E-state index is 0.157. The summed E-state index contributed by atoms with van der Waals surface area (Å²) in [6.07, 6.45) is 0. The Morgan fingerprint density at radius 2 is 2.38 bits per heavy atom. The molecule has 2 aliphatic heterocycles. The van der Waals surface area contributed by atoms with Crippen molar-refractivity contribution < 1.29 is 9.53 Å². The highest BCUT2D eigenvalue weighted by Crippen LogP contribution is 2.36. The molecule has 0 radical (unpaired) electrons. The number of carbonyl (C=O) groups excluding carboxylic acids is 1. The summed E-state index contributed by atoms with van der Waals surface area (Å²) >= 11 is 0. The molecule has 0 saturated carbocycles. The van der Waals surface area contributed by atoms with E-state index in [4.69, 9.17) is 4.74 Å². The minimum absolute atomic E-state index is 0.157. The Bertz CT molecular complexity index is 445. The maximum Gasteiger partial charge on any atom is 0.254 e. The highest BCUT2D eigenvalue weighted by Gasteiger charge is 2.37. The van der Waals surface area contributed by atoms with E-state index in [1.54, 1.807) is 7.11 Å². The standard InChI is InChI=1S/C12H14N2O2/c1-16-8-2-3-9-10(6-8)11-7-13-4-5-14(11)12(9)15/h2-3,6,11,13H,4-5,7H2,1H3. The molecule has 1 aromatic carbocycles. The normalized spacial score (nSPS) is 22.9. The van der Waals surface area contributed by atoms with Gasteiger partial charge in [-0.2, -0.15) is 0 Å². The van der Waals surface area contributed by atoms with Gasteiger partial charge in [0.1, 0.15) is 5.75 Å². The van der Waals surface area contributed by atoms with Crippen LogP contribution in [0.25, 0.3) is 0 Å². The monoisotopic (exact) mass is 218 g/mol. The van der Waals surface area contributed by atoms with E-state index in [2.05, 4.69) is 5.32 Å². The molecule has 1 N–H and O–H groups in total. The SMILES string of the molecule is COc1ccc2c(c1)C1CNCCN1C2=O. The van der Waals surface area contributed by atoms with E-state index in [0.717, 1.165) is 36.5 Å². The van der Waals surface area contributed by atoms with Crippen molar-refractivity contribution in [1.29, 1.82) is 0 Å². The van der Waals surface area contributed by atoms with Crippen molar-refractivity contribution in [3.8, 4) is 5.75 Å². The number of benzene rings is 1. The molecule has 0 aliphatic carbocycles. The number of ether oxygens (including phenoxy) is 1. The molecule has 0 spiro atoms. The molecule has 3 rings (SSSR count). The molecule has 16 heavy (non-hydrogen) atoms. The Kier molecular flexibility index (Phi) is 2.11. The molecule has 1 unspecified atom stereocenters. The molecular formula is C12H14N2O2. The average molecular weight is 218 g/mol. The molecule has 1 saturated heterocycles. The zero-order valence-electron chi connectivity index (χ0n) is 9.19. The zero-order valence-corrected chi connectivity index (χ0v) is 9.19. The molecule has 84 valence electrons. The molecule has 1 atom stereocenters. The van der Waals surface area contributed by atoms with Gasteiger partial charge in [0.05, 0.1) is 13.2 Å². The third-order valence-corrected chi connectivity index (χ3v) is 3.35. The highest BCUT2D eigenvalue weighted by molar-refractivity contribution is 5.99. The maximum atomic E-state index is 12.1. The van der Waals surface area contributed by atoms with Crippen molar-refractivity contribution in [3.63, 3.8) is 0 Å². The van der Waals surface area contributed by atoms with Crippen molar-refractivity contribution in [2.45, 2.75) is 6.04 Å². The fourth-order valence-corrected chi connectivity index (χ4v) is 2.52. The topological polar surface area (TPSA) is 41.6 Å². The molecule has 2 aliphatic rings. The van der Waals surface area contributed by atoms with E-state index in [0.29, 0.717) is 0 Å². The lowest BCUT2D eigenvalue weighted by atomic mass is 10.0.